The fourth-order valence-electron chi connectivity index (χ4n) is 4.50. The molecule has 0 spiro atoms. The highest BCUT2D eigenvalue weighted by molar-refractivity contribution is 6.32. The third-order valence-electron chi connectivity index (χ3n) is 6.57. The molecule has 40 heavy (non-hydrogen) atoms. The van der Waals surface area contributed by atoms with Gasteiger partial charge in [0.1, 0.15) is 47.8 Å². The van der Waals surface area contributed by atoms with Gasteiger partial charge in [0.05, 0.1) is 29.8 Å². The Hall–Kier alpha value is -3.37. The highest BCUT2D eigenvalue weighted by Gasteiger charge is 2.47. The summed E-state index contributed by atoms with van der Waals surface area (Å²) in [6.07, 6.45) is -0.00174. The van der Waals surface area contributed by atoms with Gasteiger partial charge >= 0.3 is 5.97 Å². The van der Waals surface area contributed by atoms with Crippen LogP contribution in [0.15, 0.2) is 36.4 Å². The van der Waals surface area contributed by atoms with E-state index >= 15 is 0 Å². The minimum Gasteiger partial charge on any atom is -0.496 e. The standard InChI is InChI=1S/C28H31ClN2O9/c1-4-5-8-11-31-19-10-7-6-9-18(19)30-23(31)15-38-21-13-20(36-2)16(12-17(21)29)27(35)40-26-25(34)24(33)22(14-32)39-28(26)37-3/h1,6-7,9-10,12-13,22,24-26,28,32-34H,5,8,11,14-15H2,2-3H3/t22-,24-,25+,26-,28+/m1/s1. The number of hydrogen-bond acceptors (Lipinski definition) is 10. The minimum absolute atomic E-state index is 0.0535. The number of aromatic nitrogens is 2. The van der Waals surface area contributed by atoms with Crippen LogP contribution in [0.3, 0.4) is 0 Å². The van der Waals surface area contributed by atoms with Crippen molar-refractivity contribution in [3.8, 4) is 23.8 Å². The highest BCUT2D eigenvalue weighted by atomic mass is 35.5. The van der Waals surface area contributed by atoms with Crippen LogP contribution in [0.4, 0.5) is 0 Å². The summed E-state index contributed by atoms with van der Waals surface area (Å²) in [6, 6.07) is 10.5. The molecule has 5 atom stereocenters. The third kappa shape index (κ3) is 6.18. The van der Waals surface area contributed by atoms with Gasteiger partial charge in [-0.05, 0) is 24.6 Å². The quantitative estimate of drug-likeness (QED) is 0.177. The van der Waals surface area contributed by atoms with Crippen molar-refractivity contribution in [2.75, 3.05) is 20.8 Å². The number of unbranched alkanes of at least 4 members (excludes halogenated alkanes) is 1. The van der Waals surface area contributed by atoms with Crippen molar-refractivity contribution in [3.63, 3.8) is 0 Å². The maximum atomic E-state index is 13.1. The predicted molar refractivity (Wildman–Crippen MR) is 144 cm³/mol. The van der Waals surface area contributed by atoms with Crippen molar-refractivity contribution in [1.29, 1.82) is 0 Å². The number of aliphatic hydroxyl groups excluding tert-OH is 3. The van der Waals surface area contributed by atoms with Crippen molar-refractivity contribution < 1.29 is 43.8 Å². The number of aliphatic hydroxyl groups is 3. The SMILES string of the molecule is C#CCCCn1c(COc2cc(OC)c(C(=O)O[C@H]3[C@@H](OC)O[C@H](CO)[C@@H](O)[C@@H]3O)cc2Cl)nc2ccccc21. The molecular formula is C28H31ClN2O9. The first-order chi connectivity index (χ1) is 19.3. The first-order valence-electron chi connectivity index (χ1n) is 12.6. The Kier molecular flexibility index (Phi) is 9.86. The number of esters is 1. The van der Waals surface area contributed by atoms with Gasteiger partial charge in [0, 0.05) is 26.1 Å². The van der Waals surface area contributed by atoms with Gasteiger partial charge in [-0.15, -0.1) is 12.3 Å². The molecule has 1 fully saturated rings. The van der Waals surface area contributed by atoms with Gasteiger partial charge in [-0.1, -0.05) is 23.7 Å². The second kappa shape index (κ2) is 13.3. The van der Waals surface area contributed by atoms with E-state index in [1.54, 1.807) is 0 Å². The maximum Gasteiger partial charge on any atom is 0.342 e. The first-order valence-corrected chi connectivity index (χ1v) is 12.9. The van der Waals surface area contributed by atoms with Gasteiger partial charge in [0.2, 0.25) is 0 Å². The molecule has 12 heteroatoms. The first kappa shape index (κ1) is 29.6. The molecule has 0 aliphatic carbocycles. The van der Waals surface area contributed by atoms with Crippen LogP contribution in [0.2, 0.25) is 5.02 Å². The van der Waals surface area contributed by atoms with E-state index in [0.717, 1.165) is 17.5 Å². The molecular weight excluding hydrogens is 544 g/mol. The number of hydrogen-bond donors (Lipinski definition) is 3. The number of ether oxygens (including phenoxy) is 5. The van der Waals surface area contributed by atoms with Crippen LogP contribution in [-0.2, 0) is 27.4 Å². The smallest absolute Gasteiger partial charge is 0.342 e. The number of imidazole rings is 1. The van der Waals surface area contributed by atoms with E-state index in [4.69, 9.17) is 41.7 Å². The Labute approximate surface area is 236 Å². The largest absolute Gasteiger partial charge is 0.496 e. The lowest BCUT2D eigenvalue weighted by molar-refractivity contribution is -0.293. The minimum atomic E-state index is -1.58. The van der Waals surface area contributed by atoms with Crippen LogP contribution >= 0.6 is 11.6 Å². The molecule has 4 rings (SSSR count). The summed E-state index contributed by atoms with van der Waals surface area (Å²) in [5, 5.41) is 30.2. The third-order valence-corrected chi connectivity index (χ3v) is 6.86. The Bertz CT molecular complexity index is 1370. The monoisotopic (exact) mass is 574 g/mol. The van der Waals surface area contributed by atoms with Crippen LogP contribution in [0, 0.1) is 12.3 Å². The van der Waals surface area contributed by atoms with Gasteiger partial charge in [-0.25, -0.2) is 9.78 Å². The molecule has 1 aromatic heterocycles. The summed E-state index contributed by atoms with van der Waals surface area (Å²) in [5.41, 5.74) is 1.73. The van der Waals surface area contributed by atoms with Crippen molar-refractivity contribution in [2.24, 2.45) is 0 Å². The molecule has 0 radical (unpaired) electrons. The zero-order valence-electron chi connectivity index (χ0n) is 22.0. The predicted octanol–water partition coefficient (Wildman–Crippen LogP) is 2.30. The topological polar surface area (TPSA) is 142 Å². The van der Waals surface area contributed by atoms with Crippen LogP contribution in [-0.4, -0.2) is 82.4 Å². The average molecular weight is 575 g/mol. The van der Waals surface area contributed by atoms with E-state index < -0.39 is 43.3 Å². The average Bonchev–Trinajstić information content (AvgIpc) is 3.32. The number of halogens is 1. The van der Waals surface area contributed by atoms with Crippen LogP contribution < -0.4 is 9.47 Å². The number of nitrogens with zero attached hydrogens (tertiary/aromatic N) is 2. The van der Waals surface area contributed by atoms with Crippen LogP contribution in [0.1, 0.15) is 29.0 Å². The molecule has 214 valence electrons. The lowest BCUT2D eigenvalue weighted by Gasteiger charge is -2.40. The molecule has 0 unspecified atom stereocenters. The lowest BCUT2D eigenvalue weighted by atomic mass is 9.99. The summed E-state index contributed by atoms with van der Waals surface area (Å²) in [4.78, 5) is 17.8. The van der Waals surface area contributed by atoms with Crippen LogP contribution in [0.25, 0.3) is 11.0 Å². The number of carbonyl (C=O) groups is 1. The summed E-state index contributed by atoms with van der Waals surface area (Å²) >= 11 is 6.47. The fraction of sp³-hybridized carbons (Fsp3) is 0.429. The zero-order chi connectivity index (χ0) is 28.8. The Morgan fingerprint density at radius 1 is 1.20 bits per heavy atom. The van der Waals surface area contributed by atoms with E-state index in [-0.39, 0.29) is 28.7 Å². The number of carbonyl (C=O) groups excluding carboxylic acids is 1. The Morgan fingerprint density at radius 2 is 1.98 bits per heavy atom. The number of rotatable bonds is 11. The molecule has 0 bridgehead atoms. The number of para-hydroxylation sites is 2. The summed E-state index contributed by atoms with van der Waals surface area (Å²) in [6.45, 7) is 0.186. The zero-order valence-corrected chi connectivity index (χ0v) is 22.8. The van der Waals surface area contributed by atoms with Crippen molar-refractivity contribution >= 4 is 28.6 Å². The van der Waals surface area contributed by atoms with E-state index in [1.807, 2.05) is 28.8 Å². The van der Waals surface area contributed by atoms with Crippen molar-refractivity contribution in [2.45, 2.75) is 56.7 Å². The molecule has 2 heterocycles. The Morgan fingerprint density at radius 3 is 2.67 bits per heavy atom. The molecule has 11 nitrogen and oxygen atoms in total. The number of aryl methyl sites for hydroxylation is 1. The molecule has 0 saturated carbocycles. The van der Waals surface area contributed by atoms with Gasteiger partial charge in [0.15, 0.2) is 12.4 Å². The maximum absolute atomic E-state index is 13.1. The van der Waals surface area contributed by atoms with Crippen molar-refractivity contribution in [3.05, 3.63) is 52.8 Å². The van der Waals surface area contributed by atoms with Gasteiger partial charge in [-0.2, -0.15) is 0 Å². The van der Waals surface area contributed by atoms with Crippen molar-refractivity contribution in [1.82, 2.24) is 9.55 Å². The fourth-order valence-corrected chi connectivity index (χ4v) is 4.72. The summed E-state index contributed by atoms with van der Waals surface area (Å²) < 4.78 is 29.4. The van der Waals surface area contributed by atoms with Gasteiger partial charge in [-0.3, -0.25) is 0 Å². The number of terminal acetylenes is 1. The van der Waals surface area contributed by atoms with E-state index in [1.165, 1.54) is 26.4 Å². The van der Waals surface area contributed by atoms with E-state index in [0.29, 0.717) is 18.8 Å². The lowest BCUT2D eigenvalue weighted by Crippen LogP contribution is -2.60. The van der Waals surface area contributed by atoms with Crippen LogP contribution in [0.5, 0.6) is 11.5 Å². The highest BCUT2D eigenvalue weighted by Crippen LogP contribution is 2.35. The second-order valence-electron chi connectivity index (χ2n) is 9.06. The number of fused-ring (bicyclic) bond motifs is 1. The molecule has 1 saturated heterocycles. The summed E-state index contributed by atoms with van der Waals surface area (Å²) in [5.74, 6) is 2.75. The summed E-state index contributed by atoms with van der Waals surface area (Å²) in [7, 11) is 2.64. The number of benzene rings is 2. The normalized spacial score (nSPS) is 22.6. The molecule has 1 aliphatic heterocycles. The number of methoxy groups -OCH3 is 2. The molecule has 2 aromatic carbocycles. The Balaban J connectivity index is 1.53. The molecule has 1 aliphatic rings. The van der Waals surface area contributed by atoms with E-state index in [2.05, 4.69) is 10.9 Å². The molecule has 0 amide bonds. The second-order valence-corrected chi connectivity index (χ2v) is 9.47. The van der Waals surface area contributed by atoms with Gasteiger partial charge < -0.3 is 43.6 Å². The molecule has 3 N–H and O–H groups in total. The molecule has 3 aromatic rings. The van der Waals surface area contributed by atoms with E-state index in [9.17, 15) is 20.1 Å². The van der Waals surface area contributed by atoms with Gasteiger partial charge in [0.25, 0.3) is 0 Å².